The summed E-state index contributed by atoms with van der Waals surface area (Å²) in [7, 11) is 0. The van der Waals surface area contributed by atoms with E-state index in [0.29, 0.717) is 38.0 Å². The minimum atomic E-state index is -0.995. The predicted octanol–water partition coefficient (Wildman–Crippen LogP) is 6.81. The van der Waals surface area contributed by atoms with Gasteiger partial charge in [-0.25, -0.2) is 14.4 Å². The standard InChI is InChI=1S/C14H24N2O3S.C11H19NO4S.C9H16N2OS.C4H8O2.C3H7N.2ClH/c1-7-8-15-11(17)10-14(5,6)20-9-16(10)12(18)19-13(2,3)4;1-10(2,3)16-9(15)12-6-17-11(4,5)7(12)8(13)14;1-4-5-10-8(12)7-9(2,3)13-6-11-7;1-3-6-4(2)5;1-2-3-4;;/h7,10H,1,8-9H2,2-6H3,(H,15,17);7H,6H2,1-5H3,(H,13,14);4,7,11H,1,5-6H2,2-3H3,(H,10,12);3H2,1-2H3;2H,1,3-4H2;2*1H. The molecule has 3 aliphatic rings. The fourth-order valence-electron chi connectivity index (χ4n) is 5.17. The third kappa shape index (κ3) is 25.5. The van der Waals surface area contributed by atoms with E-state index in [-0.39, 0.29) is 58.1 Å². The fourth-order valence-corrected chi connectivity index (χ4v) is 8.38. The van der Waals surface area contributed by atoms with Gasteiger partial charge in [-0.2, -0.15) is 0 Å². The van der Waals surface area contributed by atoms with Crippen LogP contribution >= 0.6 is 60.1 Å². The number of nitrogens with zero attached hydrogens (tertiary/aromatic N) is 2. The number of carboxylic acids is 1. The van der Waals surface area contributed by atoms with Crippen LogP contribution in [0.4, 0.5) is 9.59 Å². The van der Waals surface area contributed by atoms with Crippen LogP contribution in [-0.4, -0.2) is 138 Å². The minimum absolute atomic E-state index is 0. The highest BCUT2D eigenvalue weighted by Crippen LogP contribution is 2.41. The highest BCUT2D eigenvalue weighted by atomic mass is 35.5. The summed E-state index contributed by atoms with van der Waals surface area (Å²) in [5.74, 6) is 0.329. The smallest absolute Gasteiger partial charge is 0.411 e. The lowest BCUT2D eigenvalue weighted by Gasteiger charge is -2.31. The summed E-state index contributed by atoms with van der Waals surface area (Å²) in [6, 6.07) is -1.47. The summed E-state index contributed by atoms with van der Waals surface area (Å²) in [4.78, 5) is 71.8. The number of carbonyl (C=O) groups excluding carboxylic acids is 5. The van der Waals surface area contributed by atoms with E-state index in [1.807, 2.05) is 48.5 Å². The summed E-state index contributed by atoms with van der Waals surface area (Å²) >= 11 is 4.78. The lowest BCUT2D eigenvalue weighted by molar-refractivity contribution is -0.143. The zero-order valence-electron chi connectivity index (χ0n) is 39.2. The van der Waals surface area contributed by atoms with Crippen molar-refractivity contribution in [3.8, 4) is 0 Å². The molecule has 3 fully saturated rings. The van der Waals surface area contributed by atoms with Crippen molar-refractivity contribution in [1.82, 2.24) is 25.8 Å². The third-order valence-electron chi connectivity index (χ3n) is 7.87. The van der Waals surface area contributed by atoms with Crippen LogP contribution < -0.4 is 21.7 Å². The molecular formula is C41H76Cl2N6O10S3. The Morgan fingerprint density at radius 1 is 0.742 bits per heavy atom. The average Bonchev–Trinajstić information content (AvgIpc) is 3.75. The first-order valence-corrected chi connectivity index (χ1v) is 22.4. The molecule has 0 aliphatic carbocycles. The first-order chi connectivity index (χ1) is 27.4. The number of amides is 4. The Hall–Kier alpha value is -2.81. The van der Waals surface area contributed by atoms with Crippen LogP contribution in [0.3, 0.4) is 0 Å². The van der Waals surface area contributed by atoms with E-state index in [0.717, 1.165) is 5.88 Å². The fraction of sp³-hybridized carbons (Fsp3) is 0.707. The van der Waals surface area contributed by atoms with E-state index in [9.17, 15) is 33.9 Å². The lowest BCUT2D eigenvalue weighted by atomic mass is 10.0. The third-order valence-corrected chi connectivity index (χ3v) is 11.9. The molecule has 0 radical (unpaired) electrons. The maximum Gasteiger partial charge on any atom is 0.411 e. The largest absolute Gasteiger partial charge is 0.480 e. The average molecular weight is 980 g/mol. The molecule has 3 atom stereocenters. The van der Waals surface area contributed by atoms with Crippen molar-refractivity contribution >= 4 is 96.0 Å². The molecule has 3 saturated heterocycles. The van der Waals surface area contributed by atoms with Gasteiger partial charge in [-0.3, -0.25) is 29.5 Å². The molecule has 3 rings (SSSR count). The summed E-state index contributed by atoms with van der Waals surface area (Å²) in [5, 5.41) is 17.9. The Morgan fingerprint density at radius 2 is 1.13 bits per heavy atom. The van der Waals surface area contributed by atoms with E-state index >= 15 is 0 Å². The van der Waals surface area contributed by atoms with E-state index in [4.69, 9.17) is 15.2 Å². The van der Waals surface area contributed by atoms with Crippen LogP contribution in [0.5, 0.6) is 0 Å². The van der Waals surface area contributed by atoms with Crippen LogP contribution in [0.1, 0.15) is 96.9 Å². The second kappa shape index (κ2) is 30.3. The van der Waals surface area contributed by atoms with Gasteiger partial charge in [0, 0.05) is 46.7 Å². The number of aliphatic carboxylic acids is 1. The number of nitrogens with one attached hydrogen (secondary N) is 3. The molecule has 0 aromatic heterocycles. The van der Waals surface area contributed by atoms with Crippen LogP contribution in [0.15, 0.2) is 38.0 Å². The van der Waals surface area contributed by atoms with Crippen molar-refractivity contribution in [2.75, 3.05) is 43.9 Å². The zero-order valence-corrected chi connectivity index (χ0v) is 43.3. The first kappa shape index (κ1) is 65.8. The summed E-state index contributed by atoms with van der Waals surface area (Å²) < 4.78 is 14.1. The molecule has 16 nitrogen and oxygen atoms in total. The molecule has 62 heavy (non-hydrogen) atoms. The Bertz CT molecular complexity index is 1460. The highest BCUT2D eigenvalue weighted by Gasteiger charge is 2.50. The van der Waals surface area contributed by atoms with Crippen molar-refractivity contribution in [3.05, 3.63) is 38.0 Å². The summed E-state index contributed by atoms with van der Waals surface area (Å²) in [6.07, 6.45) is 3.94. The number of nitrogens with two attached hydrogens (primary N) is 1. The van der Waals surface area contributed by atoms with Crippen LogP contribution in [0.25, 0.3) is 0 Å². The number of rotatable bonds is 9. The Morgan fingerprint density at radius 3 is 1.42 bits per heavy atom. The summed E-state index contributed by atoms with van der Waals surface area (Å²) in [5.41, 5.74) is 3.72. The molecule has 3 unspecified atom stereocenters. The molecule has 0 bridgehead atoms. The molecule has 6 N–H and O–H groups in total. The number of thioether (sulfide) groups is 3. The van der Waals surface area contributed by atoms with Gasteiger partial charge in [0.1, 0.15) is 29.3 Å². The zero-order chi connectivity index (χ0) is 47.3. The van der Waals surface area contributed by atoms with Gasteiger partial charge in [0.05, 0.1) is 18.4 Å². The van der Waals surface area contributed by atoms with Gasteiger partial charge in [-0.05, 0) is 90.0 Å². The van der Waals surface area contributed by atoms with Gasteiger partial charge in [0.15, 0.2) is 0 Å². The number of esters is 1. The van der Waals surface area contributed by atoms with Crippen LogP contribution in [-0.2, 0) is 33.4 Å². The van der Waals surface area contributed by atoms with Gasteiger partial charge in [-0.1, -0.05) is 18.2 Å². The molecule has 362 valence electrons. The van der Waals surface area contributed by atoms with Crippen LogP contribution in [0, 0.1) is 0 Å². The molecule has 3 aliphatic heterocycles. The van der Waals surface area contributed by atoms with Crippen molar-refractivity contribution in [2.45, 2.75) is 141 Å². The number of halogens is 2. The first-order valence-electron chi connectivity index (χ1n) is 19.5. The Labute approximate surface area is 396 Å². The van der Waals surface area contributed by atoms with Crippen molar-refractivity contribution < 1.29 is 48.1 Å². The number of carboxylic acid groups (broad SMARTS) is 1. The second-order valence-electron chi connectivity index (χ2n) is 16.8. The van der Waals surface area contributed by atoms with E-state index in [1.54, 1.807) is 69.4 Å². The maximum absolute atomic E-state index is 12.3. The topological polar surface area (TPSA) is 219 Å². The van der Waals surface area contributed by atoms with Gasteiger partial charge >= 0.3 is 24.1 Å². The maximum atomic E-state index is 12.3. The summed E-state index contributed by atoms with van der Waals surface area (Å²) in [6.45, 7) is 38.1. The van der Waals surface area contributed by atoms with Crippen molar-refractivity contribution in [3.63, 3.8) is 0 Å². The molecule has 0 spiro atoms. The van der Waals surface area contributed by atoms with Gasteiger partial charge in [0.25, 0.3) is 0 Å². The molecule has 21 heteroatoms. The van der Waals surface area contributed by atoms with Gasteiger partial charge in [0.2, 0.25) is 11.8 Å². The molecular weight excluding hydrogens is 904 g/mol. The van der Waals surface area contributed by atoms with E-state index in [1.165, 1.54) is 28.5 Å². The second-order valence-corrected chi connectivity index (χ2v) is 21.7. The van der Waals surface area contributed by atoms with Gasteiger partial charge < -0.3 is 35.7 Å². The Balaban J connectivity index is -0.000000365. The normalized spacial score (nSPS) is 19.9. The molecule has 3 heterocycles. The van der Waals surface area contributed by atoms with Gasteiger partial charge in [-0.15, -0.1) is 79.8 Å². The van der Waals surface area contributed by atoms with Crippen molar-refractivity contribution in [1.29, 1.82) is 0 Å². The molecule has 0 saturated carbocycles. The number of hydrogen-bond donors (Lipinski definition) is 5. The highest BCUT2D eigenvalue weighted by molar-refractivity contribution is 8.01. The lowest BCUT2D eigenvalue weighted by Crippen LogP contribution is -2.54. The molecule has 4 amide bonds. The quantitative estimate of drug-likeness (QED) is 0.0911. The Kier molecular flexibility index (Phi) is 32.2. The predicted molar refractivity (Wildman–Crippen MR) is 260 cm³/mol. The van der Waals surface area contributed by atoms with Crippen molar-refractivity contribution in [2.24, 2.45) is 5.73 Å². The molecule has 0 aromatic carbocycles. The number of carbonyl (C=O) groups is 6. The minimum Gasteiger partial charge on any atom is -0.480 e. The molecule has 0 aromatic rings. The number of hydrogen-bond acceptors (Lipinski definition) is 14. The van der Waals surface area contributed by atoms with E-state index in [2.05, 4.69) is 54.3 Å². The van der Waals surface area contributed by atoms with E-state index < -0.39 is 46.2 Å². The van der Waals surface area contributed by atoms with Crippen LogP contribution in [0.2, 0.25) is 0 Å². The SMILES string of the molecule is C=CCN.C=CCNC(=O)C1N(C(=O)OC(C)(C)C)CSC1(C)C.C=CCNC(=O)C1NCSC1(C)C.CC(C)(C)OC(=O)N1CSC(C)(C)C1C(=O)O.CCOC(C)=O.Cl.Cl. The number of ether oxygens (including phenoxy) is 3. The monoisotopic (exact) mass is 978 g/mol.